The summed E-state index contributed by atoms with van der Waals surface area (Å²) in [6.45, 7) is 8.10. The van der Waals surface area contributed by atoms with Gasteiger partial charge in [-0.05, 0) is 144 Å². The Morgan fingerprint density at radius 2 is 0.500 bits per heavy atom. The van der Waals surface area contributed by atoms with Gasteiger partial charge in [-0.2, -0.15) is 0 Å². The summed E-state index contributed by atoms with van der Waals surface area (Å²) in [4.78, 5) is 65.8. The largest absolute Gasteiger partial charge is 0.308 e. The van der Waals surface area contributed by atoms with Crippen LogP contribution in [0.15, 0.2) is 128 Å². The average Bonchev–Trinajstić information content (AvgIpc) is 3.42. The molecular weight excluding hydrogens is 889 g/mol. The van der Waals surface area contributed by atoms with E-state index in [1.54, 1.807) is 37.2 Å². The van der Waals surface area contributed by atoms with Gasteiger partial charge in [0.1, 0.15) is 0 Å². The number of carbonyl (C=O) groups is 3. The highest BCUT2D eigenvalue weighted by Gasteiger charge is 2.28. The molecule has 4 heterocycles. The van der Waals surface area contributed by atoms with Gasteiger partial charge in [0.05, 0.1) is 0 Å². The molecule has 0 fully saturated rings. The first-order valence-electron chi connectivity index (χ1n) is 27.5. The molecule has 0 N–H and O–H groups in total. The minimum absolute atomic E-state index is 0.179. The average molecular weight is 967 g/mol. The number of hydrogen-bond donors (Lipinski definition) is 0. The number of fused-ring (bicyclic) bond motifs is 6. The quantitative estimate of drug-likeness (QED) is 0.0477. The van der Waals surface area contributed by atoms with E-state index in [0.717, 1.165) is 110 Å². The number of amides is 3. The zero-order valence-corrected chi connectivity index (χ0v) is 43.5. The van der Waals surface area contributed by atoms with Crippen molar-refractivity contribution in [2.45, 2.75) is 156 Å². The molecule has 0 atom stereocenters. The fraction of sp³-hybridized carbons (Fsp3) is 0.429. The topological polar surface area (TPSA) is 99.6 Å². The number of carbonyl (C=O) groups excluding carboxylic acids is 3. The second-order valence-corrected chi connectivity index (χ2v) is 19.7. The second kappa shape index (κ2) is 28.5. The van der Waals surface area contributed by atoms with Crippen LogP contribution in [0.1, 0.15) is 187 Å². The molecule has 1 aliphatic heterocycles. The van der Waals surface area contributed by atoms with Gasteiger partial charge in [-0.3, -0.25) is 29.3 Å². The Kier molecular flexibility index (Phi) is 21.1. The fourth-order valence-electron chi connectivity index (χ4n) is 10.00. The van der Waals surface area contributed by atoms with Gasteiger partial charge < -0.3 is 14.7 Å². The Labute approximate surface area is 430 Å². The maximum Gasteiger partial charge on any atom is 0.258 e. The van der Waals surface area contributed by atoms with Crippen LogP contribution in [0.3, 0.4) is 0 Å². The van der Waals surface area contributed by atoms with Crippen LogP contribution in [0.5, 0.6) is 0 Å². The zero-order chi connectivity index (χ0) is 50.3. The lowest BCUT2D eigenvalue weighted by Crippen LogP contribution is -2.34. The monoisotopic (exact) mass is 967 g/mol. The van der Waals surface area contributed by atoms with E-state index in [1.165, 1.54) is 57.8 Å². The Morgan fingerprint density at radius 1 is 0.278 bits per heavy atom. The van der Waals surface area contributed by atoms with E-state index in [1.807, 2.05) is 87.5 Å². The van der Waals surface area contributed by atoms with Gasteiger partial charge in [-0.25, -0.2) is 0 Å². The number of hydrogen-bond acceptors (Lipinski definition) is 6. The standard InChI is InChI=1S/C63H78N6O3/c1-4-7-10-13-16-19-22-37-67-58-43-52(49-25-31-64-32-26-49)41-56(46-58)62(71)69(39-24-21-18-15-12-9-6-3)60-45-54(51-29-35-66-36-30-51)42-57(48-60)63(72)68(38-23-20-17-14-11-8-5-2)59-44-53(40-55(47-59)61(67)70)50-27-33-65-34-28-50/h25-36,40-48H,4-24,37-39H2,1-3H3. The number of benzene rings is 3. The first-order valence-corrected chi connectivity index (χ1v) is 27.5. The van der Waals surface area contributed by atoms with Crippen LogP contribution in [0.25, 0.3) is 33.4 Å². The molecule has 3 amide bonds. The third kappa shape index (κ3) is 15.0. The summed E-state index contributed by atoms with van der Waals surface area (Å²) in [5.74, 6) is -0.536. The number of nitrogens with zero attached hydrogens (tertiary/aromatic N) is 6. The molecule has 7 rings (SSSR count). The lowest BCUT2D eigenvalue weighted by molar-refractivity contribution is 0.0975. The lowest BCUT2D eigenvalue weighted by atomic mass is 9.99. The van der Waals surface area contributed by atoms with E-state index in [0.29, 0.717) is 53.4 Å². The molecule has 0 aliphatic carbocycles. The molecule has 72 heavy (non-hydrogen) atoms. The molecule has 0 saturated heterocycles. The number of aromatic nitrogens is 3. The third-order valence-corrected chi connectivity index (χ3v) is 14.2. The Hall–Kier alpha value is -6.48. The molecule has 9 nitrogen and oxygen atoms in total. The van der Waals surface area contributed by atoms with E-state index < -0.39 is 0 Å². The molecule has 0 spiro atoms. The Bertz CT molecular complexity index is 2330. The summed E-state index contributed by atoms with van der Waals surface area (Å²) in [6, 6.07) is 29.5. The maximum absolute atomic E-state index is 15.7. The molecule has 0 radical (unpaired) electrons. The van der Waals surface area contributed by atoms with Crippen molar-refractivity contribution in [1.82, 2.24) is 15.0 Å². The van der Waals surface area contributed by atoms with Crippen molar-refractivity contribution in [3.8, 4) is 33.4 Å². The van der Waals surface area contributed by atoms with Gasteiger partial charge in [0.15, 0.2) is 0 Å². The number of unbranched alkanes of at least 4 members (excludes halogenated alkanes) is 18. The summed E-state index contributed by atoms with van der Waals surface area (Å²) in [5, 5.41) is 0. The second-order valence-electron chi connectivity index (χ2n) is 19.7. The van der Waals surface area contributed by atoms with Gasteiger partial charge in [0.2, 0.25) is 0 Å². The van der Waals surface area contributed by atoms with Crippen molar-refractivity contribution in [3.05, 3.63) is 145 Å². The molecule has 3 aromatic carbocycles. The highest BCUT2D eigenvalue weighted by molar-refractivity contribution is 6.13. The molecule has 6 aromatic rings. The smallest absolute Gasteiger partial charge is 0.258 e. The number of pyridine rings is 3. The minimum atomic E-state index is -0.179. The lowest BCUT2D eigenvalue weighted by Gasteiger charge is -2.27. The first-order chi connectivity index (χ1) is 35.4. The van der Waals surface area contributed by atoms with E-state index in [4.69, 9.17) is 0 Å². The van der Waals surface area contributed by atoms with Crippen molar-refractivity contribution in [3.63, 3.8) is 0 Å². The molecule has 6 bridgehead atoms. The summed E-state index contributed by atoms with van der Waals surface area (Å²) in [6.07, 6.45) is 33.6. The molecule has 0 saturated carbocycles. The predicted octanol–water partition coefficient (Wildman–Crippen LogP) is 16.4. The Balaban J connectivity index is 1.44. The van der Waals surface area contributed by atoms with Crippen LogP contribution in [-0.4, -0.2) is 52.3 Å². The van der Waals surface area contributed by atoms with Crippen LogP contribution >= 0.6 is 0 Å². The van der Waals surface area contributed by atoms with Gasteiger partial charge >= 0.3 is 0 Å². The molecule has 0 unspecified atom stereocenters. The van der Waals surface area contributed by atoms with Gasteiger partial charge in [-0.1, -0.05) is 136 Å². The SMILES string of the molecule is CCCCCCCCCN1C(=O)c2cc(-c3ccncc3)cc(c2)N(CCCCCCCCC)C(=O)c2cc(-c3ccncc3)cc(c2)N(CCCCCCCCC)C(=O)c2cc(-c3ccncc3)cc1c2. The minimum Gasteiger partial charge on any atom is -0.308 e. The number of rotatable bonds is 27. The van der Waals surface area contributed by atoms with Crippen LogP contribution in [-0.2, 0) is 0 Å². The van der Waals surface area contributed by atoms with E-state index in [-0.39, 0.29) is 17.7 Å². The summed E-state index contributed by atoms with van der Waals surface area (Å²) < 4.78 is 0. The zero-order valence-electron chi connectivity index (χ0n) is 43.5. The number of anilines is 3. The van der Waals surface area contributed by atoms with Crippen molar-refractivity contribution < 1.29 is 14.4 Å². The van der Waals surface area contributed by atoms with Gasteiger partial charge in [0.25, 0.3) is 17.7 Å². The molecule has 1 aliphatic rings. The van der Waals surface area contributed by atoms with E-state index in [9.17, 15) is 0 Å². The van der Waals surface area contributed by atoms with Gasteiger partial charge in [0, 0.05) is 90.6 Å². The van der Waals surface area contributed by atoms with E-state index in [2.05, 4.69) is 53.9 Å². The third-order valence-electron chi connectivity index (χ3n) is 14.2. The molecule has 3 aromatic heterocycles. The highest BCUT2D eigenvalue weighted by Crippen LogP contribution is 2.36. The maximum atomic E-state index is 15.7. The van der Waals surface area contributed by atoms with Crippen LogP contribution in [0.4, 0.5) is 17.1 Å². The van der Waals surface area contributed by atoms with E-state index >= 15 is 14.4 Å². The van der Waals surface area contributed by atoms with Crippen LogP contribution in [0.2, 0.25) is 0 Å². The predicted molar refractivity (Wildman–Crippen MR) is 298 cm³/mol. The summed E-state index contributed by atoms with van der Waals surface area (Å²) in [5.41, 5.74) is 8.57. The molecule has 378 valence electrons. The summed E-state index contributed by atoms with van der Waals surface area (Å²) >= 11 is 0. The van der Waals surface area contributed by atoms with Crippen LogP contribution in [0, 0.1) is 0 Å². The van der Waals surface area contributed by atoms with Crippen molar-refractivity contribution >= 4 is 34.8 Å². The fourth-order valence-corrected chi connectivity index (χ4v) is 10.00. The van der Waals surface area contributed by atoms with Crippen molar-refractivity contribution in [2.24, 2.45) is 0 Å². The molecular formula is C63H78N6O3. The Morgan fingerprint density at radius 3 is 0.750 bits per heavy atom. The summed E-state index contributed by atoms with van der Waals surface area (Å²) in [7, 11) is 0. The first kappa shape index (κ1) is 53.3. The molecule has 9 heteroatoms. The highest BCUT2D eigenvalue weighted by atomic mass is 16.2. The van der Waals surface area contributed by atoms with Gasteiger partial charge in [-0.15, -0.1) is 0 Å². The van der Waals surface area contributed by atoms with Crippen molar-refractivity contribution in [1.29, 1.82) is 0 Å². The van der Waals surface area contributed by atoms with Crippen LogP contribution < -0.4 is 14.7 Å². The van der Waals surface area contributed by atoms with Crippen molar-refractivity contribution in [2.75, 3.05) is 34.3 Å². The normalized spacial score (nSPS) is 12.9.